The fourth-order valence-corrected chi connectivity index (χ4v) is 1.77. The summed E-state index contributed by atoms with van der Waals surface area (Å²) in [5.74, 6) is 1.47. The summed E-state index contributed by atoms with van der Waals surface area (Å²) in [4.78, 5) is 4.44. The van der Waals surface area contributed by atoms with Crippen molar-refractivity contribution in [1.29, 1.82) is 0 Å². The van der Waals surface area contributed by atoms with E-state index in [2.05, 4.69) is 10.3 Å². The molecule has 1 aromatic carbocycles. The maximum Gasteiger partial charge on any atom is 0.226 e. The second-order valence-electron chi connectivity index (χ2n) is 4.27. The monoisotopic (exact) mass is 276 g/mol. The largest absolute Gasteiger partial charge is 0.494 e. The van der Waals surface area contributed by atoms with E-state index in [-0.39, 0.29) is 0 Å². The lowest BCUT2D eigenvalue weighted by atomic mass is 10.2. The van der Waals surface area contributed by atoms with Crippen LogP contribution >= 0.6 is 0 Å². The fourth-order valence-electron chi connectivity index (χ4n) is 1.77. The van der Waals surface area contributed by atoms with Crippen LogP contribution in [0.3, 0.4) is 0 Å². The van der Waals surface area contributed by atoms with Crippen molar-refractivity contribution in [3.63, 3.8) is 0 Å². The van der Waals surface area contributed by atoms with Gasteiger partial charge in [0, 0.05) is 25.8 Å². The zero-order valence-electron chi connectivity index (χ0n) is 11.9. The maximum atomic E-state index is 5.48. The number of hydrogen-bond acceptors (Lipinski definition) is 5. The Morgan fingerprint density at radius 1 is 1.25 bits per heavy atom. The van der Waals surface area contributed by atoms with Crippen LogP contribution in [0.15, 0.2) is 34.9 Å². The molecule has 0 saturated heterocycles. The predicted octanol–water partition coefficient (Wildman–Crippen LogP) is 2.48. The molecule has 0 spiro atoms. The van der Waals surface area contributed by atoms with Crippen molar-refractivity contribution in [2.45, 2.75) is 13.5 Å². The molecule has 0 aliphatic carbocycles. The van der Waals surface area contributed by atoms with Crippen LogP contribution in [0.1, 0.15) is 12.6 Å². The number of aromatic nitrogens is 1. The van der Waals surface area contributed by atoms with Crippen molar-refractivity contribution in [3.8, 4) is 17.2 Å². The normalized spacial score (nSPS) is 10.7. The maximum absolute atomic E-state index is 5.48. The van der Waals surface area contributed by atoms with Crippen LogP contribution in [-0.2, 0) is 11.3 Å². The molecular formula is C15H20N2O3. The highest BCUT2D eigenvalue weighted by Gasteiger charge is 2.06. The van der Waals surface area contributed by atoms with E-state index in [1.54, 1.807) is 13.4 Å². The van der Waals surface area contributed by atoms with Gasteiger partial charge in [0.2, 0.25) is 5.89 Å². The van der Waals surface area contributed by atoms with E-state index in [1.165, 1.54) is 0 Å². The molecule has 0 atom stereocenters. The number of rotatable bonds is 8. The molecule has 20 heavy (non-hydrogen) atoms. The van der Waals surface area contributed by atoms with E-state index in [0.29, 0.717) is 25.6 Å². The summed E-state index contributed by atoms with van der Waals surface area (Å²) in [5, 5.41) is 3.23. The number of hydrogen-bond donors (Lipinski definition) is 1. The minimum atomic E-state index is 0.622. The Bertz CT molecular complexity index is 508. The van der Waals surface area contributed by atoms with Crippen LogP contribution < -0.4 is 10.1 Å². The highest BCUT2D eigenvalue weighted by molar-refractivity contribution is 5.54. The van der Waals surface area contributed by atoms with Crippen LogP contribution in [0.25, 0.3) is 11.5 Å². The lowest BCUT2D eigenvalue weighted by Crippen LogP contribution is -2.18. The quantitative estimate of drug-likeness (QED) is 0.751. The molecule has 0 saturated carbocycles. The second kappa shape index (κ2) is 7.67. The number of benzene rings is 1. The Balaban J connectivity index is 1.93. The van der Waals surface area contributed by atoms with Gasteiger partial charge in [-0.05, 0) is 31.2 Å². The SMILES string of the molecule is CCOc1ccc(-c2nc(CNCCOC)co2)cc1. The molecule has 0 aliphatic heterocycles. The zero-order chi connectivity index (χ0) is 14.2. The first-order valence-corrected chi connectivity index (χ1v) is 6.70. The van der Waals surface area contributed by atoms with Gasteiger partial charge in [-0.15, -0.1) is 0 Å². The summed E-state index contributed by atoms with van der Waals surface area (Å²) in [6.45, 7) is 4.77. The highest BCUT2D eigenvalue weighted by atomic mass is 16.5. The first-order chi connectivity index (χ1) is 9.83. The Kier molecular flexibility index (Phi) is 5.58. The third kappa shape index (κ3) is 4.08. The summed E-state index contributed by atoms with van der Waals surface area (Å²) in [5.41, 5.74) is 1.82. The average Bonchev–Trinajstić information content (AvgIpc) is 2.94. The lowest BCUT2D eigenvalue weighted by Gasteiger charge is -2.02. The molecule has 1 aromatic heterocycles. The molecule has 1 N–H and O–H groups in total. The van der Waals surface area contributed by atoms with Crippen molar-refractivity contribution < 1.29 is 13.9 Å². The van der Waals surface area contributed by atoms with Gasteiger partial charge in [-0.1, -0.05) is 0 Å². The van der Waals surface area contributed by atoms with Crippen LogP contribution in [0, 0.1) is 0 Å². The molecule has 108 valence electrons. The van der Waals surface area contributed by atoms with E-state index in [9.17, 15) is 0 Å². The highest BCUT2D eigenvalue weighted by Crippen LogP contribution is 2.21. The summed E-state index contributed by atoms with van der Waals surface area (Å²) in [7, 11) is 1.68. The van der Waals surface area contributed by atoms with Gasteiger partial charge in [-0.3, -0.25) is 0 Å². The first-order valence-electron chi connectivity index (χ1n) is 6.70. The van der Waals surface area contributed by atoms with Gasteiger partial charge in [0.05, 0.1) is 18.9 Å². The predicted molar refractivity (Wildman–Crippen MR) is 76.7 cm³/mol. The summed E-state index contributed by atoms with van der Waals surface area (Å²) in [6.07, 6.45) is 1.67. The molecule has 2 aromatic rings. The van der Waals surface area contributed by atoms with Gasteiger partial charge in [-0.2, -0.15) is 0 Å². The minimum Gasteiger partial charge on any atom is -0.494 e. The van der Waals surface area contributed by atoms with E-state index in [0.717, 1.165) is 23.6 Å². The van der Waals surface area contributed by atoms with Gasteiger partial charge in [0.25, 0.3) is 0 Å². The first kappa shape index (κ1) is 14.6. The third-order valence-corrected chi connectivity index (χ3v) is 2.75. The Morgan fingerprint density at radius 2 is 2.05 bits per heavy atom. The molecule has 5 nitrogen and oxygen atoms in total. The molecule has 0 fully saturated rings. The van der Waals surface area contributed by atoms with Crippen molar-refractivity contribution in [1.82, 2.24) is 10.3 Å². The van der Waals surface area contributed by atoms with Crippen molar-refractivity contribution in [2.75, 3.05) is 26.9 Å². The van der Waals surface area contributed by atoms with E-state index in [4.69, 9.17) is 13.9 Å². The molecule has 0 radical (unpaired) electrons. The topological polar surface area (TPSA) is 56.5 Å². The van der Waals surface area contributed by atoms with Gasteiger partial charge in [0.1, 0.15) is 12.0 Å². The van der Waals surface area contributed by atoms with Crippen molar-refractivity contribution in [2.24, 2.45) is 0 Å². The number of methoxy groups -OCH3 is 1. The molecule has 0 amide bonds. The standard InChI is InChI=1S/C15H20N2O3/c1-3-19-14-6-4-12(5-7-14)15-17-13(11-20-15)10-16-8-9-18-2/h4-7,11,16H,3,8-10H2,1-2H3. The van der Waals surface area contributed by atoms with Crippen LogP contribution in [0.5, 0.6) is 5.75 Å². The Labute approximate surface area is 118 Å². The van der Waals surface area contributed by atoms with Gasteiger partial charge in [0.15, 0.2) is 0 Å². The van der Waals surface area contributed by atoms with Gasteiger partial charge in [-0.25, -0.2) is 4.98 Å². The van der Waals surface area contributed by atoms with Gasteiger partial charge < -0.3 is 19.2 Å². The summed E-state index contributed by atoms with van der Waals surface area (Å²) in [6, 6.07) is 7.72. The van der Waals surface area contributed by atoms with E-state index in [1.807, 2.05) is 31.2 Å². The van der Waals surface area contributed by atoms with Crippen LogP contribution in [0.4, 0.5) is 0 Å². The molecular weight excluding hydrogens is 256 g/mol. The molecule has 0 unspecified atom stereocenters. The van der Waals surface area contributed by atoms with E-state index < -0.39 is 0 Å². The third-order valence-electron chi connectivity index (χ3n) is 2.75. The second-order valence-corrected chi connectivity index (χ2v) is 4.27. The molecule has 0 aliphatic rings. The summed E-state index contributed by atoms with van der Waals surface area (Å²) >= 11 is 0. The number of nitrogens with one attached hydrogen (secondary N) is 1. The number of oxazole rings is 1. The number of nitrogens with zero attached hydrogens (tertiary/aromatic N) is 1. The smallest absolute Gasteiger partial charge is 0.226 e. The van der Waals surface area contributed by atoms with E-state index >= 15 is 0 Å². The summed E-state index contributed by atoms with van der Waals surface area (Å²) < 4.78 is 15.9. The Morgan fingerprint density at radius 3 is 2.75 bits per heavy atom. The van der Waals surface area contributed by atoms with Crippen molar-refractivity contribution >= 4 is 0 Å². The average molecular weight is 276 g/mol. The molecule has 2 rings (SSSR count). The van der Waals surface area contributed by atoms with Crippen LogP contribution in [0.2, 0.25) is 0 Å². The number of ether oxygens (including phenoxy) is 2. The zero-order valence-corrected chi connectivity index (χ0v) is 11.9. The van der Waals surface area contributed by atoms with Crippen LogP contribution in [-0.4, -0.2) is 31.9 Å². The lowest BCUT2D eigenvalue weighted by molar-refractivity contribution is 0.199. The Hall–Kier alpha value is -1.85. The van der Waals surface area contributed by atoms with Gasteiger partial charge >= 0.3 is 0 Å². The van der Waals surface area contributed by atoms with Crippen molar-refractivity contribution in [3.05, 3.63) is 36.2 Å². The molecule has 1 heterocycles. The molecule has 0 bridgehead atoms. The minimum absolute atomic E-state index is 0.622. The fraction of sp³-hybridized carbons (Fsp3) is 0.400. The molecule has 5 heteroatoms.